The van der Waals surface area contributed by atoms with Crippen molar-refractivity contribution in [2.45, 2.75) is 11.8 Å². The van der Waals surface area contributed by atoms with Gasteiger partial charge in [0.2, 0.25) is 0 Å². The average Bonchev–Trinajstić information content (AvgIpc) is 2.87. The van der Waals surface area contributed by atoms with Crippen LogP contribution in [-0.4, -0.2) is 12.6 Å². The predicted molar refractivity (Wildman–Crippen MR) is 87.6 cm³/mol. The van der Waals surface area contributed by atoms with Crippen molar-refractivity contribution in [2.75, 3.05) is 6.61 Å². The molecule has 1 aliphatic heterocycles. The van der Waals surface area contributed by atoms with E-state index in [1.807, 2.05) is 13.0 Å². The third-order valence-electron chi connectivity index (χ3n) is 3.60. The standard InChI is InChI=1S/C17H12ClFO2S/c1-9-6-11(2-4-13(9)18)16-12(8-21-17(16)20)10-3-5-15(22)14(19)7-10/h2-7,22H,8H2,1H3. The lowest BCUT2D eigenvalue weighted by Gasteiger charge is -2.07. The molecule has 0 spiro atoms. The second kappa shape index (κ2) is 5.78. The Kier molecular flexibility index (Phi) is 3.98. The number of benzene rings is 2. The van der Waals surface area contributed by atoms with Gasteiger partial charge in [-0.1, -0.05) is 23.7 Å². The van der Waals surface area contributed by atoms with E-state index < -0.39 is 11.8 Å². The molecular formula is C17H12ClFO2S. The van der Waals surface area contributed by atoms with Gasteiger partial charge in [0.15, 0.2) is 0 Å². The number of rotatable bonds is 2. The average molecular weight is 335 g/mol. The van der Waals surface area contributed by atoms with Gasteiger partial charge < -0.3 is 4.74 Å². The summed E-state index contributed by atoms with van der Waals surface area (Å²) in [4.78, 5) is 12.3. The molecule has 0 saturated carbocycles. The molecule has 1 aliphatic rings. The maximum absolute atomic E-state index is 13.7. The number of aryl methyl sites for hydroxylation is 1. The first-order chi connectivity index (χ1) is 10.5. The fourth-order valence-corrected chi connectivity index (χ4v) is 2.68. The SMILES string of the molecule is Cc1cc(C2=C(c3ccc(S)c(F)c3)COC2=O)ccc1Cl. The maximum atomic E-state index is 13.7. The van der Waals surface area contributed by atoms with Crippen molar-refractivity contribution in [3.8, 4) is 0 Å². The van der Waals surface area contributed by atoms with E-state index in [1.54, 1.807) is 24.3 Å². The Morgan fingerprint density at radius 1 is 1.18 bits per heavy atom. The molecule has 0 radical (unpaired) electrons. The van der Waals surface area contributed by atoms with Gasteiger partial charge in [0, 0.05) is 15.5 Å². The number of carbonyl (C=O) groups is 1. The molecule has 5 heteroatoms. The molecule has 0 fully saturated rings. The van der Waals surface area contributed by atoms with Gasteiger partial charge in [-0.15, -0.1) is 12.6 Å². The highest BCUT2D eigenvalue weighted by molar-refractivity contribution is 7.80. The largest absolute Gasteiger partial charge is 0.457 e. The van der Waals surface area contributed by atoms with Gasteiger partial charge in [0.1, 0.15) is 12.4 Å². The Morgan fingerprint density at radius 3 is 2.59 bits per heavy atom. The molecule has 2 aromatic rings. The topological polar surface area (TPSA) is 26.3 Å². The van der Waals surface area contributed by atoms with Gasteiger partial charge in [-0.05, 0) is 47.9 Å². The summed E-state index contributed by atoms with van der Waals surface area (Å²) in [7, 11) is 0. The number of thiol groups is 1. The van der Waals surface area contributed by atoms with E-state index in [2.05, 4.69) is 12.6 Å². The molecule has 0 aromatic heterocycles. The van der Waals surface area contributed by atoms with Crippen LogP contribution in [0.3, 0.4) is 0 Å². The number of hydrogen-bond donors (Lipinski definition) is 1. The van der Waals surface area contributed by atoms with Crippen LogP contribution in [0.25, 0.3) is 11.1 Å². The molecule has 2 nitrogen and oxygen atoms in total. The first kappa shape index (κ1) is 15.1. The highest BCUT2D eigenvalue weighted by Crippen LogP contribution is 2.34. The van der Waals surface area contributed by atoms with Crippen LogP contribution in [0.5, 0.6) is 0 Å². The summed E-state index contributed by atoms with van der Waals surface area (Å²) < 4.78 is 18.9. The van der Waals surface area contributed by atoms with Crippen LogP contribution in [0.15, 0.2) is 41.3 Å². The molecule has 0 aliphatic carbocycles. The lowest BCUT2D eigenvalue weighted by Crippen LogP contribution is -1.99. The predicted octanol–water partition coefficient (Wildman–Crippen LogP) is 4.54. The quantitative estimate of drug-likeness (QED) is 0.644. The zero-order valence-corrected chi connectivity index (χ0v) is 13.3. The normalized spacial score (nSPS) is 14.5. The molecular weight excluding hydrogens is 323 g/mol. The summed E-state index contributed by atoms with van der Waals surface area (Å²) in [6, 6.07) is 9.98. The van der Waals surface area contributed by atoms with Gasteiger partial charge in [0.25, 0.3) is 0 Å². The highest BCUT2D eigenvalue weighted by atomic mass is 35.5. The molecule has 0 bridgehead atoms. The van der Waals surface area contributed by atoms with Crippen LogP contribution >= 0.6 is 24.2 Å². The lowest BCUT2D eigenvalue weighted by molar-refractivity contribution is -0.133. The summed E-state index contributed by atoms with van der Waals surface area (Å²) in [6.45, 7) is 1.99. The van der Waals surface area contributed by atoms with E-state index in [9.17, 15) is 9.18 Å². The minimum Gasteiger partial charge on any atom is -0.457 e. The number of halogens is 2. The third-order valence-corrected chi connectivity index (χ3v) is 4.38. The Hall–Kier alpha value is -1.78. The number of esters is 1. The monoisotopic (exact) mass is 334 g/mol. The summed E-state index contributed by atoms with van der Waals surface area (Å²) in [5, 5.41) is 0.628. The molecule has 0 unspecified atom stereocenters. The Balaban J connectivity index is 2.17. The van der Waals surface area contributed by atoms with Crippen LogP contribution < -0.4 is 0 Å². The van der Waals surface area contributed by atoms with Gasteiger partial charge in [-0.25, -0.2) is 9.18 Å². The smallest absolute Gasteiger partial charge is 0.339 e. The first-order valence-corrected chi connectivity index (χ1v) is 7.45. The molecule has 3 rings (SSSR count). The first-order valence-electron chi connectivity index (χ1n) is 6.63. The molecule has 0 atom stereocenters. The molecule has 0 amide bonds. The van der Waals surface area contributed by atoms with Gasteiger partial charge >= 0.3 is 5.97 Å². The van der Waals surface area contributed by atoms with Crippen molar-refractivity contribution >= 4 is 41.3 Å². The third kappa shape index (κ3) is 2.64. The summed E-state index contributed by atoms with van der Waals surface area (Å²) in [6.07, 6.45) is 0. The van der Waals surface area contributed by atoms with Crippen LogP contribution in [0.4, 0.5) is 4.39 Å². The minimum atomic E-state index is -0.431. The van der Waals surface area contributed by atoms with Crippen molar-refractivity contribution in [2.24, 2.45) is 0 Å². The Morgan fingerprint density at radius 2 is 1.91 bits per heavy atom. The maximum Gasteiger partial charge on any atom is 0.339 e. The van der Waals surface area contributed by atoms with Gasteiger partial charge in [0.05, 0.1) is 5.57 Å². The fourth-order valence-electron chi connectivity index (χ4n) is 2.42. The van der Waals surface area contributed by atoms with Crippen molar-refractivity contribution in [1.82, 2.24) is 0 Å². The molecule has 0 N–H and O–H groups in total. The van der Waals surface area contributed by atoms with Crippen molar-refractivity contribution in [3.63, 3.8) is 0 Å². The number of hydrogen-bond acceptors (Lipinski definition) is 3. The van der Waals surface area contributed by atoms with Crippen LogP contribution in [-0.2, 0) is 9.53 Å². The van der Waals surface area contributed by atoms with E-state index in [0.29, 0.717) is 21.7 Å². The zero-order chi connectivity index (χ0) is 15.9. The summed E-state index contributed by atoms with van der Waals surface area (Å²) in [5.74, 6) is -0.841. The number of cyclic esters (lactones) is 1. The van der Waals surface area contributed by atoms with Gasteiger partial charge in [-0.2, -0.15) is 0 Å². The van der Waals surface area contributed by atoms with E-state index in [0.717, 1.165) is 11.1 Å². The second-order valence-electron chi connectivity index (χ2n) is 5.06. The number of ether oxygens (including phenoxy) is 1. The molecule has 0 saturated heterocycles. The Bertz CT molecular complexity index is 814. The van der Waals surface area contributed by atoms with Crippen molar-refractivity contribution < 1.29 is 13.9 Å². The minimum absolute atomic E-state index is 0.126. The highest BCUT2D eigenvalue weighted by Gasteiger charge is 2.27. The Labute approximate surface area is 138 Å². The lowest BCUT2D eigenvalue weighted by atomic mass is 9.95. The van der Waals surface area contributed by atoms with E-state index >= 15 is 0 Å². The molecule has 2 aromatic carbocycles. The van der Waals surface area contributed by atoms with Crippen molar-refractivity contribution in [1.29, 1.82) is 0 Å². The van der Waals surface area contributed by atoms with Crippen LogP contribution in [0, 0.1) is 12.7 Å². The van der Waals surface area contributed by atoms with Crippen molar-refractivity contribution in [3.05, 3.63) is 63.9 Å². The molecule has 112 valence electrons. The molecule has 22 heavy (non-hydrogen) atoms. The zero-order valence-electron chi connectivity index (χ0n) is 11.7. The van der Waals surface area contributed by atoms with Gasteiger partial charge in [-0.3, -0.25) is 0 Å². The summed E-state index contributed by atoms with van der Waals surface area (Å²) in [5.41, 5.74) is 3.31. The van der Waals surface area contributed by atoms with E-state index in [1.165, 1.54) is 6.07 Å². The fraction of sp³-hybridized carbons (Fsp3) is 0.118. The second-order valence-corrected chi connectivity index (χ2v) is 5.95. The van der Waals surface area contributed by atoms with E-state index in [-0.39, 0.29) is 11.5 Å². The van der Waals surface area contributed by atoms with E-state index in [4.69, 9.17) is 16.3 Å². The van der Waals surface area contributed by atoms with Crippen LogP contribution in [0.2, 0.25) is 5.02 Å². The van der Waals surface area contributed by atoms with Crippen LogP contribution in [0.1, 0.15) is 16.7 Å². The molecule has 1 heterocycles. The number of carbonyl (C=O) groups excluding carboxylic acids is 1. The summed E-state index contributed by atoms with van der Waals surface area (Å²) >= 11 is 10.0.